The van der Waals surface area contributed by atoms with Gasteiger partial charge in [-0.05, 0) is 30.2 Å². The molecule has 0 bridgehead atoms. The monoisotopic (exact) mass is 314 g/mol. The molecule has 0 saturated heterocycles. The molecule has 114 valence electrons. The van der Waals surface area contributed by atoms with Gasteiger partial charge < -0.3 is 0 Å². The smallest absolute Gasteiger partial charge is 0.144 e. The van der Waals surface area contributed by atoms with E-state index >= 15 is 0 Å². The van der Waals surface area contributed by atoms with Gasteiger partial charge in [0.2, 0.25) is 0 Å². The zero-order chi connectivity index (χ0) is 15.5. The predicted octanol–water partition coefficient (Wildman–Crippen LogP) is 3.13. The summed E-state index contributed by atoms with van der Waals surface area (Å²) in [5.41, 5.74) is 4.13. The third-order valence-corrected chi connectivity index (χ3v) is 4.38. The van der Waals surface area contributed by atoms with Crippen LogP contribution in [0.25, 0.3) is 0 Å². The zero-order valence-electron chi connectivity index (χ0n) is 12.3. The van der Waals surface area contributed by atoms with Gasteiger partial charge in [-0.1, -0.05) is 42.5 Å². The lowest BCUT2D eigenvalue weighted by Gasteiger charge is -2.24. The fourth-order valence-electron chi connectivity index (χ4n) is 2.73. The number of rotatable bonds is 4. The Bertz CT molecular complexity index is 744. The summed E-state index contributed by atoms with van der Waals surface area (Å²) in [6, 6.07) is 18.0. The molecule has 0 aliphatic carbocycles. The molecule has 1 unspecified atom stereocenters. The quantitative estimate of drug-likeness (QED) is 0.882. The molecule has 0 saturated carbocycles. The van der Waals surface area contributed by atoms with E-state index in [4.69, 9.17) is 0 Å². The standard InChI is InChI=1S/C17H18N2O2S/c1-13-11-17(19(18-13)16-5-3-2-4-6-16)15-9-7-14(8-10-15)12-22(20)21/h2-10,17,22H,11-12H2,1H3. The molecular formula is C17H18N2O2S. The number of thiol groups is 1. The second kappa shape index (κ2) is 6.32. The first kappa shape index (κ1) is 14.8. The molecule has 4 nitrogen and oxygen atoms in total. The van der Waals surface area contributed by atoms with Crippen molar-refractivity contribution >= 4 is 22.1 Å². The molecule has 22 heavy (non-hydrogen) atoms. The maximum atomic E-state index is 10.8. The topological polar surface area (TPSA) is 49.7 Å². The summed E-state index contributed by atoms with van der Waals surface area (Å²) in [7, 11) is -2.38. The van der Waals surface area contributed by atoms with Crippen LogP contribution in [0.4, 0.5) is 5.69 Å². The summed E-state index contributed by atoms with van der Waals surface area (Å²) >= 11 is 0. The molecule has 1 aliphatic rings. The normalized spacial score (nSPS) is 17.8. The van der Waals surface area contributed by atoms with Gasteiger partial charge in [0.1, 0.15) is 10.7 Å². The van der Waals surface area contributed by atoms with Crippen LogP contribution in [0.1, 0.15) is 30.5 Å². The SMILES string of the molecule is CC1=NN(c2ccccc2)C(c2ccc(C[SH](=O)=O)cc2)C1. The number of benzene rings is 2. The number of hydrazone groups is 1. The highest BCUT2D eigenvalue weighted by molar-refractivity contribution is 7.71. The van der Waals surface area contributed by atoms with Crippen molar-refractivity contribution in [2.24, 2.45) is 5.10 Å². The van der Waals surface area contributed by atoms with Crippen LogP contribution in [0.3, 0.4) is 0 Å². The van der Waals surface area contributed by atoms with E-state index in [9.17, 15) is 8.42 Å². The molecule has 0 fully saturated rings. The highest BCUT2D eigenvalue weighted by atomic mass is 32.2. The van der Waals surface area contributed by atoms with E-state index in [-0.39, 0.29) is 11.8 Å². The van der Waals surface area contributed by atoms with Crippen LogP contribution in [0.2, 0.25) is 0 Å². The molecule has 0 radical (unpaired) electrons. The Balaban J connectivity index is 1.87. The molecule has 1 aliphatic heterocycles. The molecule has 1 atom stereocenters. The molecule has 0 aromatic heterocycles. The first-order chi connectivity index (χ1) is 10.6. The predicted molar refractivity (Wildman–Crippen MR) is 89.8 cm³/mol. The molecule has 2 aromatic rings. The zero-order valence-corrected chi connectivity index (χ0v) is 13.2. The van der Waals surface area contributed by atoms with Gasteiger partial charge in [-0.2, -0.15) is 5.10 Å². The van der Waals surface area contributed by atoms with Crippen molar-refractivity contribution in [3.63, 3.8) is 0 Å². The molecule has 0 spiro atoms. The highest BCUT2D eigenvalue weighted by Gasteiger charge is 2.27. The van der Waals surface area contributed by atoms with Gasteiger partial charge in [0.25, 0.3) is 0 Å². The summed E-state index contributed by atoms with van der Waals surface area (Å²) in [6.07, 6.45) is 0.879. The lowest BCUT2D eigenvalue weighted by atomic mass is 10.0. The van der Waals surface area contributed by atoms with Crippen LogP contribution in [-0.2, 0) is 16.5 Å². The van der Waals surface area contributed by atoms with Gasteiger partial charge in [0.05, 0.1) is 17.5 Å². The first-order valence-electron chi connectivity index (χ1n) is 7.22. The van der Waals surface area contributed by atoms with Crippen molar-refractivity contribution in [1.29, 1.82) is 0 Å². The third-order valence-electron chi connectivity index (χ3n) is 3.76. The molecule has 1 heterocycles. The first-order valence-corrected chi connectivity index (χ1v) is 8.59. The second-order valence-electron chi connectivity index (χ2n) is 5.47. The van der Waals surface area contributed by atoms with Gasteiger partial charge in [-0.3, -0.25) is 5.01 Å². The van der Waals surface area contributed by atoms with Crippen molar-refractivity contribution in [1.82, 2.24) is 0 Å². The molecule has 5 heteroatoms. The Morgan fingerprint density at radius 2 is 1.77 bits per heavy atom. The number of hydrogen-bond donors (Lipinski definition) is 1. The minimum absolute atomic E-state index is 0.0954. The van der Waals surface area contributed by atoms with Crippen molar-refractivity contribution in [3.8, 4) is 0 Å². The van der Waals surface area contributed by atoms with Crippen LogP contribution in [0, 0.1) is 0 Å². The van der Waals surface area contributed by atoms with E-state index in [2.05, 4.69) is 5.10 Å². The van der Waals surface area contributed by atoms with Gasteiger partial charge in [-0.25, -0.2) is 8.42 Å². The van der Waals surface area contributed by atoms with Gasteiger partial charge in [-0.15, -0.1) is 0 Å². The van der Waals surface area contributed by atoms with Crippen molar-refractivity contribution < 1.29 is 8.42 Å². The molecule has 0 N–H and O–H groups in total. The largest absolute Gasteiger partial charge is 0.258 e. The maximum absolute atomic E-state index is 10.8. The Kier molecular flexibility index (Phi) is 4.24. The van der Waals surface area contributed by atoms with Crippen LogP contribution in [-0.4, -0.2) is 14.1 Å². The van der Waals surface area contributed by atoms with Crippen molar-refractivity contribution in [2.75, 3.05) is 5.01 Å². The number of hydrogen-bond acceptors (Lipinski definition) is 4. The van der Waals surface area contributed by atoms with Crippen LogP contribution < -0.4 is 5.01 Å². The number of para-hydroxylation sites is 1. The van der Waals surface area contributed by atoms with Crippen LogP contribution in [0.15, 0.2) is 59.7 Å². The maximum Gasteiger partial charge on any atom is 0.144 e. The highest BCUT2D eigenvalue weighted by Crippen LogP contribution is 2.34. The summed E-state index contributed by atoms with van der Waals surface area (Å²) in [5.74, 6) is 0.0954. The average Bonchev–Trinajstić information content (AvgIpc) is 2.90. The lowest BCUT2D eigenvalue weighted by Crippen LogP contribution is -2.18. The summed E-state index contributed by atoms with van der Waals surface area (Å²) in [5, 5.41) is 6.68. The Hall–Kier alpha value is -2.14. The molecule has 3 rings (SSSR count). The van der Waals surface area contributed by atoms with E-state index in [1.54, 1.807) is 0 Å². The van der Waals surface area contributed by atoms with Crippen LogP contribution >= 0.6 is 0 Å². The Morgan fingerprint density at radius 3 is 2.41 bits per heavy atom. The van der Waals surface area contributed by atoms with Crippen molar-refractivity contribution in [2.45, 2.75) is 25.1 Å². The van der Waals surface area contributed by atoms with Crippen molar-refractivity contribution in [3.05, 3.63) is 65.7 Å². The second-order valence-corrected chi connectivity index (χ2v) is 6.45. The minimum Gasteiger partial charge on any atom is -0.258 e. The third kappa shape index (κ3) is 3.20. The molecule has 0 amide bonds. The lowest BCUT2D eigenvalue weighted by molar-refractivity contribution is 0.614. The number of anilines is 1. The average molecular weight is 314 g/mol. The summed E-state index contributed by atoms with van der Waals surface area (Å²) < 4.78 is 21.6. The van der Waals surface area contributed by atoms with Gasteiger partial charge >= 0.3 is 0 Å². The fraction of sp³-hybridized carbons (Fsp3) is 0.235. The Labute approximate surface area is 132 Å². The van der Waals surface area contributed by atoms with E-state index in [0.29, 0.717) is 0 Å². The van der Waals surface area contributed by atoms with Gasteiger partial charge in [0.15, 0.2) is 0 Å². The van der Waals surface area contributed by atoms with Crippen LogP contribution in [0.5, 0.6) is 0 Å². The van der Waals surface area contributed by atoms with E-state index in [0.717, 1.165) is 28.9 Å². The molecular weight excluding hydrogens is 296 g/mol. The molecule has 2 aromatic carbocycles. The minimum atomic E-state index is -2.38. The Morgan fingerprint density at radius 1 is 1.09 bits per heavy atom. The number of nitrogens with zero attached hydrogens (tertiary/aromatic N) is 2. The summed E-state index contributed by atoms with van der Waals surface area (Å²) in [4.78, 5) is 0. The summed E-state index contributed by atoms with van der Waals surface area (Å²) in [6.45, 7) is 2.03. The van der Waals surface area contributed by atoms with E-state index in [1.807, 2.05) is 66.5 Å². The van der Waals surface area contributed by atoms with Gasteiger partial charge in [0, 0.05) is 12.1 Å². The van der Waals surface area contributed by atoms with E-state index in [1.165, 1.54) is 0 Å². The van der Waals surface area contributed by atoms with E-state index < -0.39 is 10.7 Å². The fourth-order valence-corrected chi connectivity index (χ4v) is 3.24.